The molecule has 4 heteroatoms. The van der Waals surface area contributed by atoms with Crippen LogP contribution in [0.4, 0.5) is 0 Å². The van der Waals surface area contributed by atoms with Gasteiger partial charge < -0.3 is 15.3 Å². The number of phenolic OH excluding ortho intramolecular Hbond substituents is 2. The van der Waals surface area contributed by atoms with E-state index in [1.807, 2.05) is 0 Å². The molecule has 0 atom stereocenters. The van der Waals surface area contributed by atoms with Crippen molar-refractivity contribution in [1.29, 1.82) is 0 Å². The van der Waals surface area contributed by atoms with Crippen LogP contribution in [-0.2, 0) is 0 Å². The third-order valence-corrected chi connectivity index (χ3v) is 1.84. The summed E-state index contributed by atoms with van der Waals surface area (Å²) in [6, 6.07) is 3.79. The molecule has 76 valence electrons. The number of carbonyl (C=O) groups excluding carboxylic acids is 1. The normalized spacial score (nSPS) is 10.1. The van der Waals surface area contributed by atoms with Crippen LogP contribution in [0.2, 0.25) is 0 Å². The van der Waals surface area contributed by atoms with E-state index in [9.17, 15) is 9.90 Å². The maximum atomic E-state index is 11.4. The molecule has 0 saturated carbocycles. The molecular weight excluding hydrogens is 184 g/mol. The molecular formula is C10H12O4. The third-order valence-electron chi connectivity index (χ3n) is 1.84. The zero-order valence-corrected chi connectivity index (χ0v) is 7.60. The van der Waals surface area contributed by atoms with Crippen molar-refractivity contribution in [2.75, 3.05) is 6.61 Å². The fourth-order valence-corrected chi connectivity index (χ4v) is 1.12. The Hall–Kier alpha value is -1.55. The van der Waals surface area contributed by atoms with Crippen molar-refractivity contribution in [3.8, 4) is 11.5 Å². The summed E-state index contributed by atoms with van der Waals surface area (Å²) < 4.78 is 0. The van der Waals surface area contributed by atoms with Crippen LogP contribution in [-0.4, -0.2) is 27.7 Å². The van der Waals surface area contributed by atoms with Crippen LogP contribution in [0.15, 0.2) is 18.2 Å². The first-order chi connectivity index (χ1) is 6.65. The van der Waals surface area contributed by atoms with Gasteiger partial charge in [0.25, 0.3) is 0 Å². The fourth-order valence-electron chi connectivity index (χ4n) is 1.12. The second kappa shape index (κ2) is 4.62. The number of benzene rings is 1. The number of phenols is 2. The summed E-state index contributed by atoms with van der Waals surface area (Å²) in [5.41, 5.74) is 0.0958. The number of ketones is 1. The Morgan fingerprint density at radius 3 is 2.64 bits per heavy atom. The summed E-state index contributed by atoms with van der Waals surface area (Å²) in [6.07, 6.45) is 0.515. The van der Waals surface area contributed by atoms with Crippen molar-refractivity contribution in [2.45, 2.75) is 12.8 Å². The lowest BCUT2D eigenvalue weighted by Gasteiger charge is -2.03. The number of hydrogen-bond acceptors (Lipinski definition) is 4. The highest BCUT2D eigenvalue weighted by atomic mass is 16.3. The van der Waals surface area contributed by atoms with Gasteiger partial charge in [-0.1, -0.05) is 0 Å². The van der Waals surface area contributed by atoms with E-state index in [1.165, 1.54) is 18.2 Å². The van der Waals surface area contributed by atoms with Crippen molar-refractivity contribution in [2.24, 2.45) is 0 Å². The second-order valence-electron chi connectivity index (χ2n) is 2.95. The number of carbonyl (C=O) groups is 1. The molecule has 0 spiro atoms. The Labute approximate surface area is 81.4 Å². The highest BCUT2D eigenvalue weighted by Crippen LogP contribution is 2.23. The quantitative estimate of drug-likeness (QED) is 0.497. The number of hydrogen-bond donors (Lipinski definition) is 3. The number of Topliss-reactive ketones (excluding diaryl/α,β-unsaturated/α-hetero) is 1. The first kappa shape index (κ1) is 10.5. The number of rotatable bonds is 4. The highest BCUT2D eigenvalue weighted by Gasteiger charge is 2.11. The van der Waals surface area contributed by atoms with E-state index in [0.717, 1.165) is 0 Å². The van der Waals surface area contributed by atoms with E-state index in [2.05, 4.69) is 0 Å². The molecule has 14 heavy (non-hydrogen) atoms. The SMILES string of the molecule is O=C(CCCO)c1cc(O)ccc1O. The van der Waals surface area contributed by atoms with E-state index in [1.54, 1.807) is 0 Å². The van der Waals surface area contributed by atoms with Crippen molar-refractivity contribution >= 4 is 5.78 Å². The predicted molar refractivity (Wildman–Crippen MR) is 50.4 cm³/mol. The fraction of sp³-hybridized carbons (Fsp3) is 0.300. The summed E-state index contributed by atoms with van der Waals surface area (Å²) >= 11 is 0. The van der Waals surface area contributed by atoms with Gasteiger partial charge in [0.1, 0.15) is 11.5 Å². The smallest absolute Gasteiger partial charge is 0.166 e. The Morgan fingerprint density at radius 1 is 1.29 bits per heavy atom. The molecule has 0 unspecified atom stereocenters. The van der Waals surface area contributed by atoms with Crippen LogP contribution in [0.3, 0.4) is 0 Å². The molecule has 4 nitrogen and oxygen atoms in total. The van der Waals surface area contributed by atoms with Crippen LogP contribution in [0.25, 0.3) is 0 Å². The number of aliphatic hydroxyl groups excluding tert-OH is 1. The maximum Gasteiger partial charge on any atom is 0.166 e. The van der Waals surface area contributed by atoms with Gasteiger partial charge >= 0.3 is 0 Å². The van der Waals surface area contributed by atoms with Crippen LogP contribution >= 0.6 is 0 Å². The second-order valence-corrected chi connectivity index (χ2v) is 2.95. The minimum absolute atomic E-state index is 0.0600. The lowest BCUT2D eigenvalue weighted by molar-refractivity contribution is 0.0968. The van der Waals surface area contributed by atoms with Gasteiger partial charge in [0.2, 0.25) is 0 Å². The first-order valence-electron chi connectivity index (χ1n) is 4.31. The van der Waals surface area contributed by atoms with Crippen molar-refractivity contribution in [1.82, 2.24) is 0 Å². The van der Waals surface area contributed by atoms with Crippen LogP contribution in [0, 0.1) is 0 Å². The third kappa shape index (κ3) is 2.47. The van der Waals surface area contributed by atoms with E-state index in [0.29, 0.717) is 6.42 Å². The number of aliphatic hydroxyl groups is 1. The Balaban J connectivity index is 2.83. The Kier molecular flexibility index (Phi) is 3.48. The van der Waals surface area contributed by atoms with Crippen LogP contribution < -0.4 is 0 Å². The zero-order chi connectivity index (χ0) is 10.6. The van der Waals surface area contributed by atoms with Gasteiger partial charge in [-0.3, -0.25) is 4.79 Å². The van der Waals surface area contributed by atoms with E-state index in [4.69, 9.17) is 10.2 Å². The molecule has 3 N–H and O–H groups in total. The van der Waals surface area contributed by atoms with Gasteiger partial charge in [-0.2, -0.15) is 0 Å². The molecule has 0 aliphatic carbocycles. The monoisotopic (exact) mass is 196 g/mol. The van der Waals surface area contributed by atoms with E-state index >= 15 is 0 Å². The first-order valence-corrected chi connectivity index (χ1v) is 4.31. The average molecular weight is 196 g/mol. The molecule has 0 amide bonds. The predicted octanol–water partition coefficient (Wildman–Crippen LogP) is 1.05. The molecule has 1 aromatic carbocycles. The molecule has 0 aliphatic heterocycles. The molecule has 0 fully saturated rings. The van der Waals surface area contributed by atoms with Gasteiger partial charge in [-0.05, 0) is 24.6 Å². The van der Waals surface area contributed by atoms with Gasteiger partial charge in [0.05, 0.1) is 5.56 Å². The molecule has 0 aromatic heterocycles. The highest BCUT2D eigenvalue weighted by molar-refractivity contribution is 5.98. The van der Waals surface area contributed by atoms with Crippen molar-refractivity contribution in [3.63, 3.8) is 0 Å². The lowest BCUT2D eigenvalue weighted by Crippen LogP contribution is -2.00. The Morgan fingerprint density at radius 2 is 2.00 bits per heavy atom. The molecule has 0 aliphatic rings. The average Bonchev–Trinajstić information content (AvgIpc) is 2.18. The summed E-state index contributed by atoms with van der Waals surface area (Å²) in [6.45, 7) is -0.0642. The van der Waals surface area contributed by atoms with Crippen LogP contribution in [0.5, 0.6) is 11.5 Å². The van der Waals surface area contributed by atoms with Gasteiger partial charge in [0, 0.05) is 13.0 Å². The van der Waals surface area contributed by atoms with Crippen molar-refractivity contribution < 1.29 is 20.1 Å². The van der Waals surface area contributed by atoms with Gasteiger partial charge in [0.15, 0.2) is 5.78 Å². The summed E-state index contributed by atoms with van der Waals surface area (Å²) in [5.74, 6) is -0.492. The molecule has 0 saturated heterocycles. The number of aromatic hydroxyl groups is 2. The standard InChI is InChI=1S/C10H12O4/c11-5-1-2-9(13)8-6-7(12)3-4-10(8)14/h3-4,6,11-12,14H,1-2,5H2. The zero-order valence-electron chi connectivity index (χ0n) is 7.60. The lowest BCUT2D eigenvalue weighted by atomic mass is 10.1. The minimum Gasteiger partial charge on any atom is -0.508 e. The molecule has 0 bridgehead atoms. The largest absolute Gasteiger partial charge is 0.508 e. The summed E-state index contributed by atoms with van der Waals surface area (Å²) in [5, 5.41) is 26.9. The molecule has 0 radical (unpaired) electrons. The van der Waals surface area contributed by atoms with Gasteiger partial charge in [-0.15, -0.1) is 0 Å². The van der Waals surface area contributed by atoms with Gasteiger partial charge in [-0.25, -0.2) is 0 Å². The summed E-state index contributed by atoms with van der Waals surface area (Å²) in [4.78, 5) is 11.4. The Bertz CT molecular complexity index is 333. The molecule has 1 rings (SSSR count). The maximum absolute atomic E-state index is 11.4. The van der Waals surface area contributed by atoms with Crippen molar-refractivity contribution in [3.05, 3.63) is 23.8 Å². The van der Waals surface area contributed by atoms with E-state index in [-0.39, 0.29) is 35.9 Å². The van der Waals surface area contributed by atoms with Crippen LogP contribution in [0.1, 0.15) is 23.2 Å². The molecule has 1 aromatic rings. The van der Waals surface area contributed by atoms with E-state index < -0.39 is 0 Å². The topological polar surface area (TPSA) is 77.8 Å². The minimum atomic E-state index is -0.285. The molecule has 0 heterocycles. The summed E-state index contributed by atoms with van der Waals surface area (Å²) in [7, 11) is 0.